The Hall–Kier alpha value is -2.77. The van der Waals surface area contributed by atoms with Crippen LogP contribution in [0.5, 0.6) is 0 Å². The molecule has 0 spiro atoms. The Balaban J connectivity index is 2.35. The van der Waals surface area contributed by atoms with Crippen LogP contribution in [0.25, 0.3) is 0 Å². The van der Waals surface area contributed by atoms with E-state index in [1.165, 1.54) is 10.8 Å². The van der Waals surface area contributed by atoms with E-state index in [1.807, 2.05) is 13.0 Å². The summed E-state index contributed by atoms with van der Waals surface area (Å²) in [6.07, 6.45) is 1.75. The number of aromatic nitrogens is 1. The number of carbonyl (C=O) groups is 1. The van der Waals surface area contributed by atoms with E-state index in [4.69, 9.17) is 5.26 Å². The number of hydrogen-bond donors (Lipinski definition) is 2. The van der Waals surface area contributed by atoms with E-state index in [9.17, 15) is 22.0 Å². The number of halogens is 2. The molecule has 0 fully saturated rings. The summed E-state index contributed by atoms with van der Waals surface area (Å²) in [5, 5.41) is 11.3. The second-order valence-corrected chi connectivity index (χ2v) is 7.57. The quantitative estimate of drug-likeness (QED) is 0.751. The summed E-state index contributed by atoms with van der Waals surface area (Å²) in [4.78, 5) is 12.3. The predicted molar refractivity (Wildman–Crippen MR) is 94.4 cm³/mol. The minimum atomic E-state index is -3.88. The Bertz CT molecular complexity index is 996. The van der Waals surface area contributed by atoms with Crippen molar-refractivity contribution in [2.45, 2.75) is 37.8 Å². The van der Waals surface area contributed by atoms with Crippen molar-refractivity contribution >= 4 is 21.6 Å². The summed E-state index contributed by atoms with van der Waals surface area (Å²) in [5.74, 6) is -2.96. The first-order chi connectivity index (χ1) is 12.7. The van der Waals surface area contributed by atoms with E-state index >= 15 is 0 Å². The van der Waals surface area contributed by atoms with Gasteiger partial charge in [0.25, 0.3) is 5.91 Å². The summed E-state index contributed by atoms with van der Waals surface area (Å²) >= 11 is 0. The first kappa shape index (κ1) is 20.5. The van der Waals surface area contributed by atoms with Gasteiger partial charge >= 0.3 is 0 Å². The largest absolute Gasteiger partial charge is 0.328 e. The van der Waals surface area contributed by atoms with E-state index < -0.39 is 27.6 Å². The molecular formula is C17H18F2N4O3S. The second kappa shape index (κ2) is 8.28. The average molecular weight is 396 g/mol. The maximum atomic E-state index is 13.3. The van der Waals surface area contributed by atoms with Crippen LogP contribution in [0.2, 0.25) is 0 Å². The minimum absolute atomic E-state index is 0.00857. The van der Waals surface area contributed by atoms with E-state index in [0.29, 0.717) is 6.42 Å². The highest BCUT2D eigenvalue weighted by Gasteiger charge is 2.23. The van der Waals surface area contributed by atoms with Crippen molar-refractivity contribution in [2.75, 3.05) is 5.32 Å². The molecule has 1 heterocycles. The van der Waals surface area contributed by atoms with Gasteiger partial charge < -0.3 is 9.88 Å². The van der Waals surface area contributed by atoms with Crippen LogP contribution in [0, 0.1) is 23.0 Å². The lowest BCUT2D eigenvalue weighted by molar-refractivity contribution is 0.101. The van der Waals surface area contributed by atoms with Gasteiger partial charge in [-0.2, -0.15) is 5.26 Å². The van der Waals surface area contributed by atoms with Crippen LogP contribution in [0.15, 0.2) is 35.4 Å². The topological polar surface area (TPSA) is 104 Å². The van der Waals surface area contributed by atoms with Crippen LogP contribution >= 0.6 is 0 Å². The van der Waals surface area contributed by atoms with E-state index in [0.717, 1.165) is 24.3 Å². The molecule has 0 bridgehead atoms. The Labute approximate surface area is 155 Å². The molecular weight excluding hydrogens is 378 g/mol. The van der Waals surface area contributed by atoms with Gasteiger partial charge in [-0.05, 0) is 31.5 Å². The standard InChI is InChI=1S/C17H18F2N4O3S/c1-3-11(2)22-27(25,26)13-9-16(23(10-13)7-6-20)17(24)21-12-4-5-14(18)15(19)8-12/h4-5,8-11,22H,3,7H2,1-2H3,(H,21,24)/t11-/m1/s1. The van der Waals surface area contributed by atoms with Crippen LogP contribution in [-0.4, -0.2) is 24.9 Å². The molecule has 0 unspecified atom stereocenters. The fraction of sp³-hybridized carbons (Fsp3) is 0.294. The lowest BCUT2D eigenvalue weighted by Gasteiger charge is -2.10. The third kappa shape index (κ3) is 4.90. The van der Waals surface area contributed by atoms with Crippen molar-refractivity contribution in [3.8, 4) is 6.07 Å². The molecule has 1 amide bonds. The second-order valence-electron chi connectivity index (χ2n) is 5.86. The summed E-state index contributed by atoms with van der Waals surface area (Å²) < 4.78 is 54.7. The molecule has 10 heteroatoms. The molecule has 1 atom stereocenters. The monoisotopic (exact) mass is 396 g/mol. The molecule has 2 N–H and O–H groups in total. The average Bonchev–Trinajstić information content (AvgIpc) is 3.03. The Morgan fingerprint density at radius 1 is 1.30 bits per heavy atom. The zero-order valence-corrected chi connectivity index (χ0v) is 15.5. The first-order valence-electron chi connectivity index (χ1n) is 8.03. The van der Waals surface area contributed by atoms with Gasteiger partial charge in [0.2, 0.25) is 10.0 Å². The third-order valence-electron chi connectivity index (χ3n) is 3.80. The van der Waals surface area contributed by atoms with Crippen LogP contribution in [0.1, 0.15) is 30.8 Å². The van der Waals surface area contributed by atoms with Crippen LogP contribution in [0.4, 0.5) is 14.5 Å². The van der Waals surface area contributed by atoms with E-state index in [-0.39, 0.29) is 28.9 Å². The lowest BCUT2D eigenvalue weighted by Crippen LogP contribution is -2.31. The van der Waals surface area contributed by atoms with E-state index in [2.05, 4.69) is 10.0 Å². The highest BCUT2D eigenvalue weighted by Crippen LogP contribution is 2.18. The van der Waals surface area contributed by atoms with Gasteiger partial charge in [0.15, 0.2) is 11.6 Å². The number of nitrogens with one attached hydrogen (secondary N) is 2. The van der Waals surface area contributed by atoms with Crippen molar-refractivity contribution < 1.29 is 22.0 Å². The van der Waals surface area contributed by atoms with Gasteiger partial charge in [-0.1, -0.05) is 6.92 Å². The van der Waals surface area contributed by atoms with Gasteiger partial charge in [0, 0.05) is 24.0 Å². The number of anilines is 1. The number of rotatable bonds is 7. The molecule has 2 aromatic rings. The van der Waals surface area contributed by atoms with Crippen LogP contribution < -0.4 is 10.0 Å². The molecule has 1 aromatic carbocycles. The van der Waals surface area contributed by atoms with Gasteiger partial charge in [0.1, 0.15) is 17.1 Å². The Morgan fingerprint density at radius 2 is 2.00 bits per heavy atom. The first-order valence-corrected chi connectivity index (χ1v) is 9.52. The number of amides is 1. The molecule has 7 nitrogen and oxygen atoms in total. The van der Waals surface area contributed by atoms with Gasteiger partial charge in [0.05, 0.1) is 6.07 Å². The summed E-state index contributed by atoms with van der Waals surface area (Å²) in [6, 6.07) is 5.46. The maximum absolute atomic E-state index is 13.3. The van der Waals surface area contributed by atoms with Gasteiger partial charge in [-0.15, -0.1) is 0 Å². The molecule has 0 aliphatic carbocycles. The van der Waals surface area contributed by atoms with Crippen LogP contribution in [0.3, 0.4) is 0 Å². The normalized spacial score (nSPS) is 12.4. The zero-order chi connectivity index (χ0) is 20.2. The van der Waals surface area contributed by atoms with Crippen molar-refractivity contribution in [3.63, 3.8) is 0 Å². The van der Waals surface area contributed by atoms with Gasteiger partial charge in [-0.25, -0.2) is 21.9 Å². The number of hydrogen-bond acceptors (Lipinski definition) is 4. The fourth-order valence-corrected chi connectivity index (χ4v) is 3.58. The van der Waals surface area contributed by atoms with Crippen LogP contribution in [-0.2, 0) is 16.6 Å². The summed E-state index contributed by atoms with van der Waals surface area (Å²) in [7, 11) is -3.88. The number of sulfonamides is 1. The molecule has 1 aromatic heterocycles. The summed E-state index contributed by atoms with van der Waals surface area (Å²) in [6.45, 7) is 3.24. The molecule has 2 rings (SSSR count). The number of carbonyl (C=O) groups excluding carboxylic acids is 1. The Morgan fingerprint density at radius 3 is 2.59 bits per heavy atom. The maximum Gasteiger partial charge on any atom is 0.272 e. The van der Waals surface area contributed by atoms with Crippen molar-refractivity contribution in [1.29, 1.82) is 5.26 Å². The molecule has 0 radical (unpaired) electrons. The lowest BCUT2D eigenvalue weighted by atomic mass is 10.3. The predicted octanol–water partition coefficient (Wildman–Crippen LogP) is 2.62. The highest BCUT2D eigenvalue weighted by molar-refractivity contribution is 7.89. The van der Waals surface area contributed by atoms with Crippen molar-refractivity contribution in [1.82, 2.24) is 9.29 Å². The fourth-order valence-electron chi connectivity index (χ4n) is 2.21. The number of nitrogens with zero attached hydrogens (tertiary/aromatic N) is 2. The van der Waals surface area contributed by atoms with E-state index in [1.54, 1.807) is 6.92 Å². The number of benzene rings is 1. The smallest absolute Gasteiger partial charge is 0.272 e. The minimum Gasteiger partial charge on any atom is -0.328 e. The number of nitriles is 1. The highest BCUT2D eigenvalue weighted by atomic mass is 32.2. The Kier molecular flexibility index (Phi) is 6.30. The van der Waals surface area contributed by atoms with Crippen molar-refractivity contribution in [3.05, 3.63) is 47.8 Å². The van der Waals surface area contributed by atoms with Crippen molar-refractivity contribution in [2.24, 2.45) is 0 Å². The molecule has 144 valence electrons. The zero-order valence-electron chi connectivity index (χ0n) is 14.7. The molecule has 0 aliphatic heterocycles. The molecule has 27 heavy (non-hydrogen) atoms. The summed E-state index contributed by atoms with van der Waals surface area (Å²) in [5.41, 5.74) is -0.114. The third-order valence-corrected chi connectivity index (χ3v) is 5.36. The molecule has 0 saturated carbocycles. The molecule has 0 saturated heterocycles. The SMILES string of the molecule is CC[C@@H](C)NS(=O)(=O)c1cc(C(=O)Nc2ccc(F)c(F)c2)n(CC#N)c1. The van der Waals surface area contributed by atoms with Gasteiger partial charge in [-0.3, -0.25) is 4.79 Å². The molecule has 0 aliphatic rings.